The topological polar surface area (TPSA) is 66.4 Å². The number of aliphatic carboxylic acids is 1. The van der Waals surface area contributed by atoms with E-state index in [0.717, 1.165) is 22.9 Å². The summed E-state index contributed by atoms with van der Waals surface area (Å²) in [6.07, 6.45) is 2.56. The zero-order chi connectivity index (χ0) is 19.5. The molecule has 0 spiro atoms. The van der Waals surface area contributed by atoms with Gasteiger partial charge in [0.15, 0.2) is 0 Å². The van der Waals surface area contributed by atoms with Crippen LogP contribution in [0.25, 0.3) is 11.1 Å². The predicted octanol–water partition coefficient (Wildman–Crippen LogP) is 5.25. The summed E-state index contributed by atoms with van der Waals surface area (Å²) >= 11 is 0. The fourth-order valence-corrected chi connectivity index (χ4v) is 2.39. The second-order valence-electron chi connectivity index (χ2n) is 5.57. The van der Waals surface area contributed by atoms with Crippen molar-refractivity contribution in [3.8, 4) is 11.1 Å². The van der Waals surface area contributed by atoms with E-state index >= 15 is 0 Å². The predicted molar refractivity (Wildman–Crippen MR) is 109 cm³/mol. The third-order valence-corrected chi connectivity index (χ3v) is 3.61. The highest BCUT2D eigenvalue weighted by Gasteiger charge is 2.09. The molecule has 0 aliphatic heterocycles. The Morgan fingerprint density at radius 1 is 0.815 bits per heavy atom. The number of hydrogen-bond acceptors (Lipinski definition) is 2. The Balaban J connectivity index is 0.000000380. The highest BCUT2D eigenvalue weighted by molar-refractivity contribution is 6.06. The standard InChI is InChI=1S/C19H15NO.C4H6O2/c21-19(16-11-5-2-6-12-16)20-18-14-8-7-13-17(18)15-9-3-1-4-10-15;1-2-3-4(5)6/h1-14H,(H,20,21);2-3H,1H3,(H,5,6)/b;3-2-. The van der Waals surface area contributed by atoms with E-state index in [1.165, 1.54) is 6.08 Å². The van der Waals surface area contributed by atoms with Gasteiger partial charge in [-0.25, -0.2) is 4.79 Å². The van der Waals surface area contributed by atoms with Crippen molar-refractivity contribution in [1.29, 1.82) is 0 Å². The van der Waals surface area contributed by atoms with Gasteiger partial charge in [0.25, 0.3) is 5.91 Å². The van der Waals surface area contributed by atoms with Gasteiger partial charge in [0.05, 0.1) is 0 Å². The van der Waals surface area contributed by atoms with Gasteiger partial charge in [0.1, 0.15) is 0 Å². The number of carboxylic acid groups (broad SMARTS) is 1. The zero-order valence-corrected chi connectivity index (χ0v) is 15.0. The summed E-state index contributed by atoms with van der Waals surface area (Å²) in [6.45, 7) is 1.66. The maximum Gasteiger partial charge on any atom is 0.327 e. The van der Waals surface area contributed by atoms with Crippen molar-refractivity contribution in [2.24, 2.45) is 0 Å². The largest absolute Gasteiger partial charge is 0.478 e. The first-order valence-electron chi connectivity index (χ1n) is 8.48. The van der Waals surface area contributed by atoms with Crippen LogP contribution in [-0.2, 0) is 4.79 Å². The van der Waals surface area contributed by atoms with Crippen molar-refractivity contribution in [1.82, 2.24) is 0 Å². The molecule has 0 aliphatic rings. The lowest BCUT2D eigenvalue weighted by Gasteiger charge is -2.11. The molecule has 4 heteroatoms. The summed E-state index contributed by atoms with van der Waals surface area (Å²) in [5.41, 5.74) is 3.57. The summed E-state index contributed by atoms with van der Waals surface area (Å²) in [5, 5.41) is 10.8. The van der Waals surface area contributed by atoms with Crippen molar-refractivity contribution in [2.75, 3.05) is 5.32 Å². The number of amides is 1. The molecule has 0 unspecified atom stereocenters. The van der Waals surface area contributed by atoms with Gasteiger partial charge < -0.3 is 10.4 Å². The Labute approximate surface area is 158 Å². The first-order valence-corrected chi connectivity index (χ1v) is 8.48. The molecule has 2 N–H and O–H groups in total. The van der Waals surface area contributed by atoms with Crippen LogP contribution >= 0.6 is 0 Å². The lowest BCUT2D eigenvalue weighted by Crippen LogP contribution is -2.12. The average molecular weight is 359 g/mol. The number of rotatable bonds is 4. The van der Waals surface area contributed by atoms with Crippen LogP contribution in [0.3, 0.4) is 0 Å². The highest BCUT2D eigenvalue weighted by Crippen LogP contribution is 2.27. The Hall–Kier alpha value is -3.66. The fourth-order valence-electron chi connectivity index (χ4n) is 2.39. The number of hydrogen-bond donors (Lipinski definition) is 2. The average Bonchev–Trinajstić information content (AvgIpc) is 2.70. The van der Waals surface area contributed by atoms with Crippen molar-refractivity contribution in [3.63, 3.8) is 0 Å². The van der Waals surface area contributed by atoms with Gasteiger partial charge in [-0.05, 0) is 30.7 Å². The van der Waals surface area contributed by atoms with E-state index < -0.39 is 5.97 Å². The van der Waals surface area contributed by atoms with Crippen molar-refractivity contribution in [2.45, 2.75) is 6.92 Å². The van der Waals surface area contributed by atoms with E-state index in [4.69, 9.17) is 5.11 Å². The molecule has 1 amide bonds. The third-order valence-electron chi connectivity index (χ3n) is 3.61. The Morgan fingerprint density at radius 2 is 1.37 bits per heavy atom. The SMILES string of the molecule is C/C=C\C(=O)O.O=C(Nc1ccccc1-c1ccccc1)c1ccccc1. The molecule has 3 aromatic carbocycles. The fraction of sp³-hybridized carbons (Fsp3) is 0.0435. The van der Waals surface area contributed by atoms with Gasteiger partial charge in [-0.1, -0.05) is 72.8 Å². The quantitative estimate of drug-likeness (QED) is 0.625. The number of anilines is 1. The van der Waals surface area contributed by atoms with Crippen molar-refractivity contribution in [3.05, 3.63) is 103 Å². The van der Waals surface area contributed by atoms with Crippen LogP contribution in [0.4, 0.5) is 5.69 Å². The van der Waals surface area contributed by atoms with Crippen LogP contribution in [0.1, 0.15) is 17.3 Å². The zero-order valence-electron chi connectivity index (χ0n) is 15.0. The number of benzene rings is 3. The number of carboxylic acids is 1. The lowest BCUT2D eigenvalue weighted by molar-refractivity contribution is -0.131. The van der Waals surface area contributed by atoms with Crippen LogP contribution in [-0.4, -0.2) is 17.0 Å². The Bertz CT molecular complexity index is 903. The summed E-state index contributed by atoms with van der Waals surface area (Å²) in [5.74, 6) is -0.989. The molecule has 0 heterocycles. The molecule has 27 heavy (non-hydrogen) atoms. The number of allylic oxidation sites excluding steroid dienone is 1. The second-order valence-corrected chi connectivity index (χ2v) is 5.57. The number of carbonyl (C=O) groups is 2. The molecule has 0 fully saturated rings. The van der Waals surface area contributed by atoms with Gasteiger partial charge in [0.2, 0.25) is 0 Å². The molecular formula is C23H21NO3. The minimum atomic E-state index is -0.891. The first-order chi connectivity index (χ1) is 13.1. The van der Waals surface area contributed by atoms with Crippen LogP contribution in [0.5, 0.6) is 0 Å². The van der Waals surface area contributed by atoms with Gasteiger partial charge in [-0.15, -0.1) is 0 Å². The maximum atomic E-state index is 12.3. The second kappa shape index (κ2) is 10.4. The lowest BCUT2D eigenvalue weighted by atomic mass is 10.0. The minimum Gasteiger partial charge on any atom is -0.478 e. The number of nitrogens with one attached hydrogen (secondary N) is 1. The molecule has 4 nitrogen and oxygen atoms in total. The third kappa shape index (κ3) is 6.29. The smallest absolute Gasteiger partial charge is 0.327 e. The molecule has 0 atom stereocenters. The van der Waals surface area contributed by atoms with Gasteiger partial charge in [-0.2, -0.15) is 0 Å². The Morgan fingerprint density at radius 3 is 1.93 bits per heavy atom. The van der Waals surface area contributed by atoms with Crippen LogP contribution in [0.2, 0.25) is 0 Å². The monoisotopic (exact) mass is 359 g/mol. The molecule has 0 bridgehead atoms. The van der Waals surface area contributed by atoms with E-state index in [2.05, 4.69) is 5.32 Å². The van der Waals surface area contributed by atoms with E-state index in [0.29, 0.717) is 5.56 Å². The van der Waals surface area contributed by atoms with Gasteiger partial charge >= 0.3 is 5.97 Å². The van der Waals surface area contributed by atoms with E-state index in [9.17, 15) is 9.59 Å². The Kier molecular flexibility index (Phi) is 7.54. The molecule has 0 aliphatic carbocycles. The van der Waals surface area contributed by atoms with E-state index in [1.54, 1.807) is 19.1 Å². The normalized spacial score (nSPS) is 9.96. The molecule has 0 aromatic heterocycles. The minimum absolute atomic E-state index is 0.0982. The molecule has 136 valence electrons. The van der Waals surface area contributed by atoms with Gasteiger partial charge in [0, 0.05) is 22.9 Å². The molecule has 0 saturated carbocycles. The summed E-state index contributed by atoms with van der Waals surface area (Å²) in [7, 11) is 0. The van der Waals surface area contributed by atoms with Crippen LogP contribution in [0, 0.1) is 0 Å². The maximum absolute atomic E-state index is 12.3. The first kappa shape index (κ1) is 19.7. The molecule has 3 aromatic rings. The van der Waals surface area contributed by atoms with Crippen LogP contribution < -0.4 is 5.32 Å². The summed E-state index contributed by atoms with van der Waals surface area (Å²) < 4.78 is 0. The number of carbonyl (C=O) groups excluding carboxylic acids is 1. The van der Waals surface area contributed by atoms with Crippen LogP contribution in [0.15, 0.2) is 97.1 Å². The van der Waals surface area contributed by atoms with Gasteiger partial charge in [-0.3, -0.25) is 4.79 Å². The molecule has 0 radical (unpaired) electrons. The highest BCUT2D eigenvalue weighted by atomic mass is 16.4. The van der Waals surface area contributed by atoms with E-state index in [1.807, 2.05) is 72.8 Å². The van der Waals surface area contributed by atoms with Crippen molar-refractivity contribution < 1.29 is 14.7 Å². The molecule has 3 rings (SSSR count). The van der Waals surface area contributed by atoms with Crippen molar-refractivity contribution >= 4 is 17.6 Å². The summed E-state index contributed by atoms with van der Waals surface area (Å²) in [4.78, 5) is 21.8. The summed E-state index contributed by atoms with van der Waals surface area (Å²) in [6, 6.07) is 27.1. The molecular weight excluding hydrogens is 338 g/mol. The molecule has 0 saturated heterocycles. The number of para-hydroxylation sites is 1. The van der Waals surface area contributed by atoms with E-state index in [-0.39, 0.29) is 5.91 Å².